The van der Waals surface area contributed by atoms with Crippen LogP contribution in [-0.2, 0) is 16.0 Å². The van der Waals surface area contributed by atoms with Gasteiger partial charge in [-0.2, -0.15) is 0 Å². The Balaban J connectivity index is 1.42. The normalized spacial score (nSPS) is 17.8. The van der Waals surface area contributed by atoms with Gasteiger partial charge in [0, 0.05) is 42.9 Å². The van der Waals surface area contributed by atoms with Gasteiger partial charge < -0.3 is 15.4 Å². The van der Waals surface area contributed by atoms with Crippen LogP contribution in [0.4, 0.5) is 0 Å². The molecule has 1 saturated heterocycles. The van der Waals surface area contributed by atoms with E-state index in [-0.39, 0.29) is 11.9 Å². The van der Waals surface area contributed by atoms with E-state index in [1.807, 2.05) is 18.2 Å². The minimum atomic E-state index is 0.0616. The van der Waals surface area contributed by atoms with E-state index in [0.29, 0.717) is 19.6 Å². The molecule has 0 spiro atoms. The van der Waals surface area contributed by atoms with E-state index >= 15 is 0 Å². The minimum absolute atomic E-state index is 0.0616. The monoisotopic (exact) mass is 331 g/mol. The molecule has 2 heterocycles. The van der Waals surface area contributed by atoms with Crippen LogP contribution in [0.3, 0.4) is 0 Å². The smallest absolute Gasteiger partial charge is 0.221 e. The number of rotatable bonds is 6. The number of hydrogen-bond donors (Lipinski definition) is 2. The van der Waals surface area contributed by atoms with Crippen molar-refractivity contribution in [3.8, 4) is 10.6 Å². The second kappa shape index (κ2) is 8.19. The molecule has 0 bridgehead atoms. The average Bonchev–Trinajstić information content (AvgIpc) is 3.05. The first-order valence-electron chi connectivity index (χ1n) is 7.89. The molecule has 1 aliphatic heterocycles. The van der Waals surface area contributed by atoms with E-state index < -0.39 is 0 Å². The molecule has 2 N–H and O–H groups in total. The van der Waals surface area contributed by atoms with Gasteiger partial charge in [0.1, 0.15) is 5.01 Å². The standard InChI is InChI=1S/C17H21N3O2S/c21-16(10-15-11-22-9-8-18-15)19-7-6-14-12-23-17(20-14)13-4-2-1-3-5-13/h1-5,12,15,18H,6-11H2,(H,19,21). The predicted molar refractivity (Wildman–Crippen MR) is 91.5 cm³/mol. The molecule has 3 rings (SSSR count). The third-order valence-electron chi connectivity index (χ3n) is 3.71. The minimum Gasteiger partial charge on any atom is -0.378 e. The van der Waals surface area contributed by atoms with Crippen LogP contribution >= 0.6 is 11.3 Å². The van der Waals surface area contributed by atoms with Crippen molar-refractivity contribution >= 4 is 17.2 Å². The van der Waals surface area contributed by atoms with Gasteiger partial charge >= 0.3 is 0 Å². The van der Waals surface area contributed by atoms with Crippen molar-refractivity contribution in [2.24, 2.45) is 0 Å². The number of ether oxygens (including phenoxy) is 1. The molecule has 6 heteroatoms. The third kappa shape index (κ3) is 4.86. The van der Waals surface area contributed by atoms with E-state index in [4.69, 9.17) is 4.74 Å². The second-order valence-electron chi connectivity index (χ2n) is 5.54. The lowest BCUT2D eigenvalue weighted by Gasteiger charge is -2.23. The largest absolute Gasteiger partial charge is 0.378 e. The molecule has 1 atom stereocenters. The summed E-state index contributed by atoms with van der Waals surface area (Å²) >= 11 is 1.64. The molecule has 1 amide bonds. The Morgan fingerprint density at radius 1 is 1.39 bits per heavy atom. The van der Waals surface area contributed by atoms with Gasteiger partial charge in [-0.05, 0) is 0 Å². The Bertz CT molecular complexity index is 624. The Labute approximate surface area is 140 Å². The van der Waals surface area contributed by atoms with Gasteiger partial charge in [0.25, 0.3) is 0 Å². The van der Waals surface area contributed by atoms with Crippen LogP contribution in [0.2, 0.25) is 0 Å². The van der Waals surface area contributed by atoms with Crippen LogP contribution in [0.15, 0.2) is 35.7 Å². The molecule has 1 aromatic carbocycles. The van der Waals surface area contributed by atoms with E-state index in [2.05, 4.69) is 33.1 Å². The number of morpholine rings is 1. The highest BCUT2D eigenvalue weighted by atomic mass is 32.1. The van der Waals surface area contributed by atoms with E-state index in [1.54, 1.807) is 11.3 Å². The molecule has 1 fully saturated rings. The summed E-state index contributed by atoms with van der Waals surface area (Å²) in [6.07, 6.45) is 1.22. The maximum absolute atomic E-state index is 11.9. The van der Waals surface area contributed by atoms with Gasteiger partial charge in [-0.1, -0.05) is 30.3 Å². The van der Waals surface area contributed by atoms with Crippen molar-refractivity contribution in [3.63, 3.8) is 0 Å². The zero-order valence-corrected chi connectivity index (χ0v) is 13.8. The summed E-state index contributed by atoms with van der Waals surface area (Å²) in [6.45, 7) is 2.77. The number of aromatic nitrogens is 1. The number of carbonyl (C=O) groups is 1. The predicted octanol–water partition coefficient (Wildman–Crippen LogP) is 1.85. The first-order valence-corrected chi connectivity index (χ1v) is 8.77. The quantitative estimate of drug-likeness (QED) is 0.848. The zero-order valence-electron chi connectivity index (χ0n) is 13.0. The number of thiazole rings is 1. The number of carbonyl (C=O) groups excluding carboxylic acids is 1. The summed E-state index contributed by atoms with van der Waals surface area (Å²) in [4.78, 5) is 16.5. The molecule has 0 saturated carbocycles. The Hall–Kier alpha value is -1.76. The molecular weight excluding hydrogens is 310 g/mol. The topological polar surface area (TPSA) is 63.2 Å². The maximum atomic E-state index is 11.9. The van der Waals surface area contributed by atoms with E-state index in [1.165, 1.54) is 0 Å². The van der Waals surface area contributed by atoms with Crippen LogP contribution in [0.5, 0.6) is 0 Å². The molecule has 0 aliphatic carbocycles. The van der Waals surface area contributed by atoms with Gasteiger partial charge in [-0.25, -0.2) is 4.98 Å². The lowest BCUT2D eigenvalue weighted by Crippen LogP contribution is -2.44. The van der Waals surface area contributed by atoms with Gasteiger partial charge in [0.2, 0.25) is 5.91 Å². The summed E-state index contributed by atoms with van der Waals surface area (Å²) in [6, 6.07) is 10.3. The summed E-state index contributed by atoms with van der Waals surface area (Å²) in [5, 5.41) is 9.32. The molecule has 0 radical (unpaired) electrons. The Morgan fingerprint density at radius 2 is 2.26 bits per heavy atom. The Morgan fingerprint density at radius 3 is 3.04 bits per heavy atom. The highest BCUT2D eigenvalue weighted by Gasteiger charge is 2.16. The van der Waals surface area contributed by atoms with Crippen LogP contribution in [-0.4, -0.2) is 43.2 Å². The summed E-state index contributed by atoms with van der Waals surface area (Å²) in [5.41, 5.74) is 2.16. The molecule has 122 valence electrons. The molecule has 2 aromatic rings. The lowest BCUT2D eigenvalue weighted by molar-refractivity contribution is -0.122. The summed E-state index contributed by atoms with van der Waals surface area (Å²) < 4.78 is 5.35. The highest BCUT2D eigenvalue weighted by molar-refractivity contribution is 7.13. The Kier molecular flexibility index (Phi) is 5.74. The fourth-order valence-electron chi connectivity index (χ4n) is 2.51. The van der Waals surface area contributed by atoms with Crippen LogP contribution < -0.4 is 10.6 Å². The fourth-order valence-corrected chi connectivity index (χ4v) is 3.37. The van der Waals surface area contributed by atoms with Crippen molar-refractivity contribution in [3.05, 3.63) is 41.4 Å². The second-order valence-corrected chi connectivity index (χ2v) is 6.40. The molecule has 23 heavy (non-hydrogen) atoms. The van der Waals surface area contributed by atoms with E-state index in [9.17, 15) is 4.79 Å². The first kappa shape index (κ1) is 16.1. The van der Waals surface area contributed by atoms with Crippen molar-refractivity contribution in [2.45, 2.75) is 18.9 Å². The third-order valence-corrected chi connectivity index (χ3v) is 4.65. The van der Waals surface area contributed by atoms with E-state index in [0.717, 1.165) is 35.8 Å². The summed E-state index contributed by atoms with van der Waals surface area (Å²) in [5.74, 6) is 0.0616. The van der Waals surface area contributed by atoms with Gasteiger partial charge in [0.05, 0.1) is 18.9 Å². The number of nitrogens with one attached hydrogen (secondary N) is 2. The van der Waals surface area contributed by atoms with Crippen molar-refractivity contribution in [1.29, 1.82) is 0 Å². The van der Waals surface area contributed by atoms with Crippen molar-refractivity contribution < 1.29 is 9.53 Å². The molecule has 1 aliphatic rings. The van der Waals surface area contributed by atoms with Crippen molar-refractivity contribution in [2.75, 3.05) is 26.3 Å². The molecule has 5 nitrogen and oxygen atoms in total. The fraction of sp³-hybridized carbons (Fsp3) is 0.412. The van der Waals surface area contributed by atoms with Gasteiger partial charge in [-0.15, -0.1) is 11.3 Å². The molecule has 1 aromatic heterocycles. The highest BCUT2D eigenvalue weighted by Crippen LogP contribution is 2.23. The van der Waals surface area contributed by atoms with Crippen molar-refractivity contribution in [1.82, 2.24) is 15.6 Å². The molecule has 1 unspecified atom stereocenters. The van der Waals surface area contributed by atoms with Gasteiger partial charge in [0.15, 0.2) is 0 Å². The average molecular weight is 331 g/mol. The molecular formula is C17H21N3O2S. The number of benzene rings is 1. The van der Waals surface area contributed by atoms with Crippen LogP contribution in [0.25, 0.3) is 10.6 Å². The number of amides is 1. The zero-order chi connectivity index (χ0) is 15.9. The van der Waals surface area contributed by atoms with Gasteiger partial charge in [-0.3, -0.25) is 4.79 Å². The van der Waals surface area contributed by atoms with Crippen LogP contribution in [0, 0.1) is 0 Å². The summed E-state index contributed by atoms with van der Waals surface area (Å²) in [7, 11) is 0. The number of nitrogens with zero attached hydrogens (tertiary/aromatic N) is 1. The first-order chi connectivity index (χ1) is 11.3. The number of hydrogen-bond acceptors (Lipinski definition) is 5. The van der Waals surface area contributed by atoms with Crippen LogP contribution in [0.1, 0.15) is 12.1 Å². The lowest BCUT2D eigenvalue weighted by atomic mass is 10.2. The maximum Gasteiger partial charge on any atom is 0.221 e. The SMILES string of the molecule is O=C(CC1COCCN1)NCCc1csc(-c2ccccc2)n1.